The van der Waals surface area contributed by atoms with Crippen LogP contribution in [0.2, 0.25) is 0 Å². The molecular weight excluding hydrogens is 302 g/mol. The van der Waals surface area contributed by atoms with Crippen LogP contribution in [0.5, 0.6) is 5.75 Å². The van der Waals surface area contributed by atoms with Gasteiger partial charge in [-0.1, -0.05) is 0 Å². The highest BCUT2D eigenvalue weighted by molar-refractivity contribution is 7.21. The van der Waals surface area contributed by atoms with Gasteiger partial charge in [-0.3, -0.25) is 4.79 Å². The minimum Gasteiger partial charge on any atom is -0.497 e. The van der Waals surface area contributed by atoms with E-state index in [9.17, 15) is 14.7 Å². The van der Waals surface area contributed by atoms with Gasteiger partial charge in [0.15, 0.2) is 0 Å². The third kappa shape index (κ3) is 2.33. The first-order valence-corrected chi connectivity index (χ1v) is 7.95. The number of carbonyl (C=O) groups excluding carboxylic acids is 1. The molecule has 1 aromatic carbocycles. The topological polar surface area (TPSA) is 66.8 Å². The lowest BCUT2D eigenvalue weighted by atomic mass is 10.1. The standard InChI is InChI=1S/C16H17NO4S/c1-9-11-8-10(21-2)5-6-13(11)22-14(9)15(18)17-7-3-4-12(17)16(19)20/h5-6,8,12H,3-4,7H2,1-2H3,(H,19,20)/t12-/m0/s1. The zero-order valence-corrected chi connectivity index (χ0v) is 13.3. The van der Waals surface area contributed by atoms with Crippen molar-refractivity contribution >= 4 is 33.3 Å². The third-order valence-electron chi connectivity index (χ3n) is 4.14. The molecule has 5 nitrogen and oxygen atoms in total. The highest BCUT2D eigenvalue weighted by Gasteiger charge is 2.35. The summed E-state index contributed by atoms with van der Waals surface area (Å²) in [4.78, 5) is 26.1. The fraction of sp³-hybridized carbons (Fsp3) is 0.375. The number of ether oxygens (including phenoxy) is 1. The Hall–Kier alpha value is -2.08. The van der Waals surface area contributed by atoms with Crippen molar-refractivity contribution in [2.24, 2.45) is 0 Å². The van der Waals surface area contributed by atoms with Gasteiger partial charge in [0.25, 0.3) is 5.91 Å². The largest absolute Gasteiger partial charge is 0.497 e. The van der Waals surface area contributed by atoms with Gasteiger partial charge in [0.2, 0.25) is 0 Å². The molecule has 2 heterocycles. The van der Waals surface area contributed by atoms with Crippen molar-refractivity contribution in [2.75, 3.05) is 13.7 Å². The van der Waals surface area contributed by atoms with Crippen molar-refractivity contribution in [1.82, 2.24) is 4.90 Å². The number of benzene rings is 1. The molecule has 116 valence electrons. The second-order valence-electron chi connectivity index (χ2n) is 5.41. The average molecular weight is 319 g/mol. The molecular formula is C16H17NO4S. The fourth-order valence-electron chi connectivity index (χ4n) is 2.93. The highest BCUT2D eigenvalue weighted by Crippen LogP contribution is 2.35. The molecule has 1 N–H and O–H groups in total. The van der Waals surface area contributed by atoms with Crippen LogP contribution in [0.1, 0.15) is 28.1 Å². The lowest BCUT2D eigenvalue weighted by Crippen LogP contribution is -2.40. The first-order valence-electron chi connectivity index (χ1n) is 7.14. The monoisotopic (exact) mass is 319 g/mol. The van der Waals surface area contributed by atoms with Crippen molar-refractivity contribution in [3.63, 3.8) is 0 Å². The Labute approximate surface area is 132 Å². The SMILES string of the molecule is COc1ccc2sc(C(=O)N3CCC[C@H]3C(=O)O)c(C)c2c1. The lowest BCUT2D eigenvalue weighted by molar-refractivity contribution is -0.141. The van der Waals surface area contributed by atoms with Gasteiger partial charge >= 0.3 is 5.97 Å². The Morgan fingerprint density at radius 3 is 2.86 bits per heavy atom. The molecule has 1 aromatic heterocycles. The van der Waals surface area contributed by atoms with Gasteiger partial charge in [-0.05, 0) is 48.9 Å². The minimum atomic E-state index is -0.925. The number of nitrogens with zero attached hydrogens (tertiary/aromatic N) is 1. The molecule has 0 aliphatic carbocycles. The normalized spacial score (nSPS) is 17.9. The van der Waals surface area contributed by atoms with Crippen LogP contribution in [0.3, 0.4) is 0 Å². The van der Waals surface area contributed by atoms with Crippen molar-refractivity contribution in [3.8, 4) is 5.75 Å². The fourth-order valence-corrected chi connectivity index (χ4v) is 4.07. The van der Waals surface area contributed by atoms with Crippen LogP contribution in [0.15, 0.2) is 18.2 Å². The van der Waals surface area contributed by atoms with E-state index in [0.717, 1.165) is 27.8 Å². The Bertz CT molecular complexity index is 752. The summed E-state index contributed by atoms with van der Waals surface area (Å²) >= 11 is 1.41. The van der Waals surface area contributed by atoms with Crippen LogP contribution in [-0.2, 0) is 4.79 Å². The summed E-state index contributed by atoms with van der Waals surface area (Å²) in [5.74, 6) is -0.356. The number of carbonyl (C=O) groups is 2. The molecule has 6 heteroatoms. The van der Waals surface area contributed by atoms with Gasteiger partial charge in [-0.2, -0.15) is 0 Å². The number of amides is 1. The molecule has 1 amide bonds. The number of rotatable bonds is 3. The van der Waals surface area contributed by atoms with E-state index < -0.39 is 12.0 Å². The summed E-state index contributed by atoms with van der Waals surface area (Å²) < 4.78 is 6.23. The molecule has 1 aliphatic heterocycles. The van der Waals surface area contributed by atoms with Gasteiger partial charge in [-0.25, -0.2) is 4.79 Å². The average Bonchev–Trinajstić information content (AvgIpc) is 3.11. The van der Waals surface area contributed by atoms with Gasteiger partial charge in [0.05, 0.1) is 12.0 Å². The number of methoxy groups -OCH3 is 1. The first-order chi connectivity index (χ1) is 10.5. The van der Waals surface area contributed by atoms with Crippen LogP contribution in [-0.4, -0.2) is 41.6 Å². The van der Waals surface area contributed by atoms with Crippen LogP contribution in [0.25, 0.3) is 10.1 Å². The van der Waals surface area contributed by atoms with Crippen molar-refractivity contribution in [2.45, 2.75) is 25.8 Å². The zero-order chi connectivity index (χ0) is 15.9. The zero-order valence-electron chi connectivity index (χ0n) is 12.5. The number of fused-ring (bicyclic) bond motifs is 1. The quantitative estimate of drug-likeness (QED) is 0.944. The maximum absolute atomic E-state index is 12.7. The number of hydrogen-bond acceptors (Lipinski definition) is 4. The number of aryl methyl sites for hydroxylation is 1. The summed E-state index contributed by atoms with van der Waals surface area (Å²) in [5.41, 5.74) is 0.889. The lowest BCUT2D eigenvalue weighted by Gasteiger charge is -2.21. The summed E-state index contributed by atoms with van der Waals surface area (Å²) in [6.07, 6.45) is 1.26. The minimum absolute atomic E-state index is 0.178. The molecule has 1 saturated heterocycles. The van der Waals surface area contributed by atoms with E-state index in [1.54, 1.807) is 7.11 Å². The predicted octanol–water partition coefficient (Wildman–Crippen LogP) is 2.91. The molecule has 3 rings (SSSR count). The Morgan fingerprint density at radius 2 is 2.18 bits per heavy atom. The van der Waals surface area contributed by atoms with Crippen LogP contribution < -0.4 is 4.74 Å². The Morgan fingerprint density at radius 1 is 1.41 bits per heavy atom. The van der Waals surface area contributed by atoms with Gasteiger partial charge in [-0.15, -0.1) is 11.3 Å². The molecule has 1 aliphatic rings. The first kappa shape index (κ1) is 14.8. The van der Waals surface area contributed by atoms with Crippen molar-refractivity contribution in [1.29, 1.82) is 0 Å². The van der Waals surface area contributed by atoms with Crippen molar-refractivity contribution in [3.05, 3.63) is 28.6 Å². The summed E-state index contributed by atoms with van der Waals surface area (Å²) in [7, 11) is 1.61. The Balaban J connectivity index is 2.01. The molecule has 1 fully saturated rings. The molecule has 0 spiro atoms. The van der Waals surface area contributed by atoms with E-state index in [1.165, 1.54) is 16.2 Å². The van der Waals surface area contributed by atoms with E-state index in [4.69, 9.17) is 4.74 Å². The van der Waals surface area contributed by atoms with E-state index >= 15 is 0 Å². The van der Waals surface area contributed by atoms with Crippen LogP contribution in [0.4, 0.5) is 0 Å². The third-order valence-corrected chi connectivity index (χ3v) is 5.40. The second-order valence-corrected chi connectivity index (χ2v) is 6.47. The van der Waals surface area contributed by atoms with E-state index in [2.05, 4.69) is 0 Å². The summed E-state index contributed by atoms with van der Waals surface area (Å²) in [5, 5.41) is 10.2. The van der Waals surface area contributed by atoms with Crippen LogP contribution in [0, 0.1) is 6.92 Å². The van der Waals surface area contributed by atoms with E-state index in [1.807, 2.05) is 25.1 Å². The number of likely N-dealkylation sites (tertiary alicyclic amines) is 1. The molecule has 0 saturated carbocycles. The Kier molecular flexibility index (Phi) is 3.78. The molecule has 0 radical (unpaired) electrons. The number of thiophene rings is 1. The number of carboxylic acids is 1. The van der Waals surface area contributed by atoms with Gasteiger partial charge < -0.3 is 14.7 Å². The van der Waals surface area contributed by atoms with Crippen molar-refractivity contribution < 1.29 is 19.4 Å². The number of carboxylic acid groups (broad SMARTS) is 1. The molecule has 1 atom stereocenters. The molecule has 2 aromatic rings. The molecule has 22 heavy (non-hydrogen) atoms. The summed E-state index contributed by atoms with van der Waals surface area (Å²) in [6, 6.07) is 5.01. The molecule has 0 unspecified atom stereocenters. The van der Waals surface area contributed by atoms with Gasteiger partial charge in [0, 0.05) is 11.2 Å². The molecule has 0 bridgehead atoms. The highest BCUT2D eigenvalue weighted by atomic mass is 32.1. The second kappa shape index (κ2) is 5.61. The maximum Gasteiger partial charge on any atom is 0.326 e. The van der Waals surface area contributed by atoms with E-state index in [0.29, 0.717) is 17.8 Å². The van der Waals surface area contributed by atoms with Crippen LogP contribution >= 0.6 is 11.3 Å². The van der Waals surface area contributed by atoms with Gasteiger partial charge in [0.1, 0.15) is 11.8 Å². The smallest absolute Gasteiger partial charge is 0.326 e. The van der Waals surface area contributed by atoms with E-state index in [-0.39, 0.29) is 5.91 Å². The predicted molar refractivity (Wildman–Crippen MR) is 84.8 cm³/mol. The summed E-state index contributed by atoms with van der Waals surface area (Å²) in [6.45, 7) is 2.41. The maximum atomic E-state index is 12.7. The number of aliphatic carboxylic acids is 1. The number of hydrogen-bond donors (Lipinski definition) is 1.